The molecule has 0 aliphatic carbocycles. The van der Waals surface area contributed by atoms with E-state index in [2.05, 4.69) is 14.8 Å². The van der Waals surface area contributed by atoms with Gasteiger partial charge in [-0.3, -0.25) is 10.1 Å². The number of hydrogen-bond acceptors (Lipinski definition) is 3. The minimum Gasteiger partial charge on any atom is -0.348 e. The third-order valence-corrected chi connectivity index (χ3v) is 5.15. The number of fused-ring (bicyclic) bond motifs is 1. The van der Waals surface area contributed by atoms with Gasteiger partial charge >= 0.3 is 0 Å². The van der Waals surface area contributed by atoms with Crippen molar-refractivity contribution in [3.63, 3.8) is 0 Å². The van der Waals surface area contributed by atoms with Crippen LogP contribution in [0.3, 0.4) is 0 Å². The summed E-state index contributed by atoms with van der Waals surface area (Å²) in [5, 5.41) is 14.5. The first-order chi connectivity index (χ1) is 13.5. The van der Waals surface area contributed by atoms with Gasteiger partial charge in [0, 0.05) is 42.8 Å². The maximum atomic E-state index is 13.4. The third kappa shape index (κ3) is 3.46. The van der Waals surface area contributed by atoms with Crippen LogP contribution in [0.1, 0.15) is 17.3 Å². The summed E-state index contributed by atoms with van der Waals surface area (Å²) in [4.78, 5) is 12.4. The summed E-state index contributed by atoms with van der Waals surface area (Å²) in [6.07, 6.45) is 2.02. The molecule has 4 rings (SSSR count). The van der Waals surface area contributed by atoms with Crippen molar-refractivity contribution in [2.24, 2.45) is 0 Å². The molecule has 142 valence electrons. The molecule has 0 bridgehead atoms. The Bertz CT molecular complexity index is 1020. The molecule has 28 heavy (non-hydrogen) atoms. The molecule has 0 saturated carbocycles. The molecule has 1 unspecified atom stereocenters. The van der Waals surface area contributed by atoms with Gasteiger partial charge in [0.25, 0.3) is 5.69 Å². The molecule has 1 aliphatic heterocycles. The number of thiocarbonyl (C=S) groups is 1. The molecule has 8 heteroatoms. The van der Waals surface area contributed by atoms with E-state index in [1.54, 1.807) is 24.3 Å². The highest BCUT2D eigenvalue weighted by molar-refractivity contribution is 7.80. The van der Waals surface area contributed by atoms with E-state index in [-0.39, 0.29) is 17.5 Å². The van der Waals surface area contributed by atoms with Crippen LogP contribution >= 0.6 is 12.2 Å². The first kappa shape index (κ1) is 18.1. The molecule has 0 fully saturated rings. The molecule has 1 aliphatic rings. The molecule has 3 aromatic rings. The number of benzene rings is 2. The zero-order chi connectivity index (χ0) is 19.7. The molecule has 2 heterocycles. The van der Waals surface area contributed by atoms with Crippen molar-refractivity contribution >= 4 is 28.7 Å². The van der Waals surface area contributed by atoms with Crippen LogP contribution in [0, 0.1) is 15.9 Å². The van der Waals surface area contributed by atoms with Gasteiger partial charge in [-0.2, -0.15) is 0 Å². The molecule has 1 aromatic heterocycles. The number of nitrogens with zero attached hydrogens (tertiary/aromatic N) is 3. The monoisotopic (exact) mass is 396 g/mol. The second kappa shape index (κ2) is 7.40. The average Bonchev–Trinajstić information content (AvgIpc) is 3.17. The van der Waals surface area contributed by atoms with E-state index in [4.69, 9.17) is 12.2 Å². The van der Waals surface area contributed by atoms with Crippen LogP contribution in [0.5, 0.6) is 0 Å². The van der Waals surface area contributed by atoms with Crippen molar-refractivity contribution in [2.45, 2.75) is 12.6 Å². The van der Waals surface area contributed by atoms with Gasteiger partial charge in [-0.1, -0.05) is 12.1 Å². The summed E-state index contributed by atoms with van der Waals surface area (Å²) in [5.41, 5.74) is 2.71. The Morgan fingerprint density at radius 3 is 2.50 bits per heavy atom. The van der Waals surface area contributed by atoms with E-state index < -0.39 is 4.92 Å². The number of hydrogen-bond donors (Lipinski definition) is 1. The second-order valence-corrected chi connectivity index (χ2v) is 6.89. The van der Waals surface area contributed by atoms with Gasteiger partial charge < -0.3 is 14.8 Å². The fraction of sp³-hybridized carbons (Fsp3) is 0.150. The van der Waals surface area contributed by atoms with Crippen molar-refractivity contribution < 1.29 is 9.31 Å². The Labute approximate surface area is 166 Å². The number of halogens is 1. The summed E-state index contributed by atoms with van der Waals surface area (Å²) in [6, 6.07) is 16.4. The van der Waals surface area contributed by atoms with Gasteiger partial charge in [0.15, 0.2) is 5.11 Å². The number of anilines is 1. The first-order valence-electron chi connectivity index (χ1n) is 8.75. The van der Waals surface area contributed by atoms with E-state index in [1.165, 1.54) is 24.3 Å². The van der Waals surface area contributed by atoms with Gasteiger partial charge in [-0.25, -0.2) is 4.39 Å². The quantitative estimate of drug-likeness (QED) is 0.405. The minimum absolute atomic E-state index is 0.0245. The maximum absolute atomic E-state index is 13.4. The van der Waals surface area contributed by atoms with Crippen LogP contribution in [-0.4, -0.2) is 26.0 Å². The highest BCUT2D eigenvalue weighted by atomic mass is 32.1. The third-order valence-electron chi connectivity index (χ3n) is 4.81. The van der Waals surface area contributed by atoms with Crippen molar-refractivity contribution in [3.05, 3.63) is 94.0 Å². The topological polar surface area (TPSA) is 63.3 Å². The van der Waals surface area contributed by atoms with Gasteiger partial charge in [0.1, 0.15) is 5.82 Å². The van der Waals surface area contributed by atoms with Gasteiger partial charge in [-0.15, -0.1) is 0 Å². The van der Waals surface area contributed by atoms with Crippen LogP contribution in [0.15, 0.2) is 66.9 Å². The number of nitro benzene ring substituents is 1. The van der Waals surface area contributed by atoms with Crippen molar-refractivity contribution in [2.75, 3.05) is 11.9 Å². The van der Waals surface area contributed by atoms with E-state index >= 15 is 0 Å². The first-order valence-corrected chi connectivity index (χ1v) is 9.16. The zero-order valence-corrected chi connectivity index (χ0v) is 15.6. The number of nitrogens with one attached hydrogen (secondary N) is 1. The molecule has 0 saturated heterocycles. The molecule has 1 N–H and O–H groups in total. The Hall–Kier alpha value is -3.26. The second-order valence-electron chi connectivity index (χ2n) is 6.51. The van der Waals surface area contributed by atoms with E-state index in [0.29, 0.717) is 17.3 Å². The Balaban J connectivity index is 1.62. The summed E-state index contributed by atoms with van der Waals surface area (Å²) in [6.45, 7) is 1.46. The molecule has 0 radical (unpaired) electrons. The average molecular weight is 396 g/mol. The zero-order valence-electron chi connectivity index (χ0n) is 14.8. The standard InChI is InChI=1S/C20H17FN4O2S/c21-15-5-3-14(4-6-15)19-18-2-1-11-23(18)12-13-24(19)20(28)22-16-7-9-17(10-8-16)25(26)27/h1-11,19H,12-13H2,(H,22,28). The number of aromatic nitrogens is 1. The highest BCUT2D eigenvalue weighted by Crippen LogP contribution is 2.33. The predicted octanol–water partition coefficient (Wildman–Crippen LogP) is 4.34. The lowest BCUT2D eigenvalue weighted by atomic mass is 10.0. The van der Waals surface area contributed by atoms with Gasteiger partial charge in [0.05, 0.1) is 11.0 Å². The summed E-state index contributed by atoms with van der Waals surface area (Å²) < 4.78 is 15.6. The van der Waals surface area contributed by atoms with Crippen molar-refractivity contribution in [3.8, 4) is 0 Å². The fourth-order valence-corrected chi connectivity index (χ4v) is 3.77. The summed E-state index contributed by atoms with van der Waals surface area (Å²) in [7, 11) is 0. The highest BCUT2D eigenvalue weighted by Gasteiger charge is 2.30. The Morgan fingerprint density at radius 2 is 1.82 bits per heavy atom. The van der Waals surface area contributed by atoms with Crippen LogP contribution in [-0.2, 0) is 6.54 Å². The smallest absolute Gasteiger partial charge is 0.269 e. The summed E-state index contributed by atoms with van der Waals surface area (Å²) in [5.74, 6) is -0.284. The number of non-ortho nitro benzene ring substituents is 1. The molecular formula is C20H17FN4O2S. The Kier molecular flexibility index (Phi) is 4.79. The lowest BCUT2D eigenvalue weighted by Gasteiger charge is -2.39. The van der Waals surface area contributed by atoms with Crippen LogP contribution in [0.2, 0.25) is 0 Å². The molecule has 1 atom stereocenters. The molecule has 6 nitrogen and oxygen atoms in total. The van der Waals surface area contributed by atoms with Crippen molar-refractivity contribution in [1.82, 2.24) is 9.47 Å². The molecule has 0 amide bonds. The lowest BCUT2D eigenvalue weighted by Crippen LogP contribution is -2.44. The number of rotatable bonds is 3. The van der Waals surface area contributed by atoms with Crippen molar-refractivity contribution in [1.29, 1.82) is 0 Å². The molecular weight excluding hydrogens is 379 g/mol. The SMILES string of the molecule is O=[N+]([O-])c1ccc(NC(=S)N2CCn3cccc3C2c2ccc(F)cc2)cc1. The minimum atomic E-state index is -0.439. The van der Waals surface area contributed by atoms with E-state index in [1.807, 2.05) is 18.3 Å². The van der Waals surface area contributed by atoms with Crippen LogP contribution in [0.4, 0.5) is 15.8 Å². The van der Waals surface area contributed by atoms with E-state index in [9.17, 15) is 14.5 Å². The molecule has 0 spiro atoms. The van der Waals surface area contributed by atoms with Gasteiger partial charge in [0.2, 0.25) is 0 Å². The predicted molar refractivity (Wildman–Crippen MR) is 109 cm³/mol. The lowest BCUT2D eigenvalue weighted by molar-refractivity contribution is -0.384. The van der Waals surface area contributed by atoms with Crippen LogP contribution < -0.4 is 5.32 Å². The van der Waals surface area contributed by atoms with Crippen LogP contribution in [0.25, 0.3) is 0 Å². The van der Waals surface area contributed by atoms with Gasteiger partial charge in [-0.05, 0) is 54.2 Å². The van der Waals surface area contributed by atoms with E-state index in [0.717, 1.165) is 17.8 Å². The maximum Gasteiger partial charge on any atom is 0.269 e. The number of nitro groups is 1. The largest absolute Gasteiger partial charge is 0.348 e. The molecule has 2 aromatic carbocycles. The summed E-state index contributed by atoms with van der Waals surface area (Å²) >= 11 is 5.64. The normalized spacial score (nSPS) is 15.8. The Morgan fingerprint density at radius 1 is 1.11 bits per heavy atom. The fourth-order valence-electron chi connectivity index (χ4n) is 3.46.